The molecule has 0 saturated carbocycles. The number of carbonyl (C=O) groups excluding carboxylic acids is 1. The van der Waals surface area contributed by atoms with Crippen LogP contribution in [0.3, 0.4) is 0 Å². The van der Waals surface area contributed by atoms with Crippen molar-refractivity contribution in [3.8, 4) is 5.75 Å². The smallest absolute Gasteiger partial charge is 0.341 e. The Kier molecular flexibility index (Phi) is 5.02. The van der Waals surface area contributed by atoms with Crippen LogP contribution in [0.5, 0.6) is 5.75 Å². The van der Waals surface area contributed by atoms with Crippen molar-refractivity contribution in [2.75, 3.05) is 13.7 Å². The highest BCUT2D eigenvalue weighted by atomic mass is 79.9. The second-order valence-electron chi connectivity index (χ2n) is 4.11. The van der Waals surface area contributed by atoms with Gasteiger partial charge in [0.05, 0.1) is 4.91 Å². The van der Waals surface area contributed by atoms with Crippen molar-refractivity contribution in [3.05, 3.63) is 33.1 Å². The molecule has 0 spiro atoms. The largest absolute Gasteiger partial charge is 0.481 e. The molecule has 0 unspecified atom stereocenters. The average molecular weight is 388 g/mol. The molecule has 1 aromatic rings. The third kappa shape index (κ3) is 3.84. The van der Waals surface area contributed by atoms with E-state index in [4.69, 9.17) is 22.1 Å². The first kappa shape index (κ1) is 16.0. The van der Waals surface area contributed by atoms with Crippen molar-refractivity contribution in [2.24, 2.45) is 0 Å². The minimum absolute atomic E-state index is 0.186. The second kappa shape index (κ2) is 6.59. The number of hydrogen-bond acceptors (Lipinski definition) is 5. The Hall–Kier alpha value is -1.38. The predicted octanol–water partition coefficient (Wildman–Crippen LogP) is 2.74. The molecule has 5 nitrogen and oxygen atoms in total. The number of halogens is 1. The molecule has 2 rings (SSSR count). The van der Waals surface area contributed by atoms with Gasteiger partial charge in [-0.15, -0.1) is 0 Å². The molecule has 1 amide bonds. The van der Waals surface area contributed by atoms with Crippen LogP contribution in [0.2, 0.25) is 0 Å². The lowest BCUT2D eigenvalue weighted by atomic mass is 10.2. The topological polar surface area (TPSA) is 66.8 Å². The number of ether oxygens (including phenoxy) is 1. The Morgan fingerprint density at radius 2 is 2.29 bits per heavy atom. The predicted molar refractivity (Wildman–Crippen MR) is 88.2 cm³/mol. The number of benzene rings is 1. The van der Waals surface area contributed by atoms with Crippen LogP contribution < -0.4 is 4.74 Å². The molecule has 8 heteroatoms. The maximum atomic E-state index is 12.0. The molecule has 1 saturated heterocycles. The molecular formula is C13H10BrNO4S2. The SMILES string of the molecule is CN1C(=O)C(=Cc2cc(Br)ccc2OCC(=O)O)SC1=S. The molecule has 21 heavy (non-hydrogen) atoms. The summed E-state index contributed by atoms with van der Waals surface area (Å²) in [7, 11) is 1.61. The standard InChI is InChI=1S/C13H10BrNO4S2/c1-15-12(18)10(21-13(15)20)5-7-4-8(14)2-3-9(7)19-6-11(16)17/h2-5H,6H2,1H3,(H,16,17). The second-order valence-corrected chi connectivity index (χ2v) is 6.70. The lowest BCUT2D eigenvalue weighted by molar-refractivity contribution is -0.139. The highest BCUT2D eigenvalue weighted by molar-refractivity contribution is 9.10. The van der Waals surface area contributed by atoms with Gasteiger partial charge < -0.3 is 9.84 Å². The molecule has 110 valence electrons. The lowest BCUT2D eigenvalue weighted by Gasteiger charge is -2.08. The van der Waals surface area contributed by atoms with E-state index in [0.717, 1.165) is 4.47 Å². The fourth-order valence-electron chi connectivity index (χ4n) is 1.59. The van der Waals surface area contributed by atoms with Crippen LogP contribution in [-0.2, 0) is 9.59 Å². The zero-order chi connectivity index (χ0) is 15.6. The fourth-order valence-corrected chi connectivity index (χ4v) is 3.14. The molecule has 1 aliphatic heterocycles. The molecule has 1 aromatic carbocycles. The Morgan fingerprint density at radius 1 is 1.57 bits per heavy atom. The third-order valence-corrected chi connectivity index (χ3v) is 4.57. The third-order valence-electron chi connectivity index (χ3n) is 2.60. The summed E-state index contributed by atoms with van der Waals surface area (Å²) in [4.78, 5) is 24.5. The summed E-state index contributed by atoms with van der Waals surface area (Å²) in [6.07, 6.45) is 1.64. The van der Waals surface area contributed by atoms with Crippen molar-refractivity contribution >= 4 is 62.2 Å². The number of thiocarbonyl (C=S) groups is 1. The molecule has 0 atom stereocenters. The highest BCUT2D eigenvalue weighted by Gasteiger charge is 2.28. The molecular weight excluding hydrogens is 378 g/mol. The molecule has 0 radical (unpaired) electrons. The highest BCUT2D eigenvalue weighted by Crippen LogP contribution is 2.34. The lowest BCUT2D eigenvalue weighted by Crippen LogP contribution is -2.22. The minimum atomic E-state index is -1.07. The van der Waals surface area contributed by atoms with E-state index in [-0.39, 0.29) is 5.91 Å². The zero-order valence-corrected chi connectivity index (χ0v) is 14.0. The normalized spacial score (nSPS) is 16.7. The van der Waals surface area contributed by atoms with Gasteiger partial charge in [0, 0.05) is 17.1 Å². The molecule has 0 aromatic heterocycles. The van der Waals surface area contributed by atoms with Crippen LogP contribution in [0.4, 0.5) is 0 Å². The summed E-state index contributed by atoms with van der Waals surface area (Å²) in [5.74, 6) is -0.861. The van der Waals surface area contributed by atoms with Gasteiger partial charge in [-0.25, -0.2) is 4.79 Å². The van der Waals surface area contributed by atoms with Crippen LogP contribution >= 0.6 is 39.9 Å². The summed E-state index contributed by atoms with van der Waals surface area (Å²) in [6.45, 7) is -0.447. The Labute approximate surface area is 139 Å². The average Bonchev–Trinajstić information content (AvgIpc) is 2.65. The van der Waals surface area contributed by atoms with Crippen LogP contribution in [0.25, 0.3) is 6.08 Å². The number of aliphatic carboxylic acids is 1. The van der Waals surface area contributed by atoms with Gasteiger partial charge in [-0.05, 0) is 24.3 Å². The van der Waals surface area contributed by atoms with Gasteiger partial charge in [0.1, 0.15) is 10.1 Å². The molecule has 1 N–H and O–H groups in total. The fraction of sp³-hybridized carbons (Fsp3) is 0.154. The van der Waals surface area contributed by atoms with E-state index in [2.05, 4.69) is 15.9 Å². The summed E-state index contributed by atoms with van der Waals surface area (Å²) < 4.78 is 6.50. The maximum absolute atomic E-state index is 12.0. The van der Waals surface area contributed by atoms with Gasteiger partial charge in [0.25, 0.3) is 5.91 Å². The molecule has 0 bridgehead atoms. The number of nitrogens with zero attached hydrogens (tertiary/aromatic N) is 1. The molecule has 0 aliphatic carbocycles. The Morgan fingerprint density at radius 3 is 2.86 bits per heavy atom. The summed E-state index contributed by atoms with van der Waals surface area (Å²) >= 11 is 9.60. The van der Waals surface area contributed by atoms with Gasteiger partial charge in [0.15, 0.2) is 6.61 Å². The molecule has 1 fully saturated rings. The maximum Gasteiger partial charge on any atom is 0.341 e. The van der Waals surface area contributed by atoms with Gasteiger partial charge >= 0.3 is 5.97 Å². The first-order valence-corrected chi connectivity index (χ1v) is 7.76. The number of carboxylic acids is 1. The van der Waals surface area contributed by atoms with Gasteiger partial charge in [-0.3, -0.25) is 9.69 Å². The zero-order valence-electron chi connectivity index (χ0n) is 10.8. The quantitative estimate of drug-likeness (QED) is 0.632. The number of amides is 1. The van der Waals surface area contributed by atoms with Crippen molar-refractivity contribution in [3.63, 3.8) is 0 Å². The van der Waals surface area contributed by atoms with E-state index in [0.29, 0.717) is 20.5 Å². The number of rotatable bonds is 4. The number of carboxylic acid groups (broad SMARTS) is 1. The van der Waals surface area contributed by atoms with E-state index in [1.807, 2.05) is 0 Å². The number of carbonyl (C=O) groups is 2. The first-order chi connectivity index (χ1) is 9.88. The van der Waals surface area contributed by atoms with E-state index in [9.17, 15) is 9.59 Å². The number of hydrogen-bond donors (Lipinski definition) is 1. The summed E-state index contributed by atoms with van der Waals surface area (Å²) in [5.41, 5.74) is 0.611. The van der Waals surface area contributed by atoms with E-state index in [1.54, 1.807) is 31.3 Å². The van der Waals surface area contributed by atoms with Gasteiger partial charge in [-0.2, -0.15) is 0 Å². The van der Waals surface area contributed by atoms with Crippen LogP contribution in [0.15, 0.2) is 27.6 Å². The van der Waals surface area contributed by atoms with Crippen LogP contribution in [0.1, 0.15) is 5.56 Å². The van der Waals surface area contributed by atoms with Crippen molar-refractivity contribution in [2.45, 2.75) is 0 Å². The van der Waals surface area contributed by atoms with Crippen molar-refractivity contribution < 1.29 is 19.4 Å². The minimum Gasteiger partial charge on any atom is -0.481 e. The van der Waals surface area contributed by atoms with Crippen molar-refractivity contribution in [1.29, 1.82) is 0 Å². The number of likely N-dealkylation sites (N-methyl/N-ethyl adjacent to an activating group) is 1. The summed E-state index contributed by atoms with van der Waals surface area (Å²) in [5, 5.41) is 8.68. The monoisotopic (exact) mass is 387 g/mol. The molecule has 1 aliphatic rings. The van der Waals surface area contributed by atoms with Crippen molar-refractivity contribution in [1.82, 2.24) is 4.90 Å². The van der Waals surface area contributed by atoms with E-state index < -0.39 is 12.6 Å². The molecule has 1 heterocycles. The Balaban J connectivity index is 2.34. The van der Waals surface area contributed by atoms with E-state index >= 15 is 0 Å². The van der Waals surface area contributed by atoms with Crippen LogP contribution in [0, 0.1) is 0 Å². The van der Waals surface area contributed by atoms with E-state index in [1.165, 1.54) is 16.7 Å². The van der Waals surface area contributed by atoms with Gasteiger partial charge in [0.2, 0.25) is 0 Å². The van der Waals surface area contributed by atoms with Crippen LogP contribution in [-0.4, -0.2) is 39.9 Å². The van der Waals surface area contributed by atoms with Gasteiger partial charge in [-0.1, -0.05) is 39.9 Å². The number of thioether (sulfide) groups is 1. The first-order valence-electron chi connectivity index (χ1n) is 5.74. The summed E-state index contributed by atoms with van der Waals surface area (Å²) in [6, 6.07) is 5.13. The Bertz CT molecular complexity index is 660.